The summed E-state index contributed by atoms with van der Waals surface area (Å²) in [7, 11) is 0. The molecule has 2 aliphatic heterocycles. The standard InChI is InChI=1S/C22H13BrN4O2/c23-13-10-11-17-16(12-13)19(21(28)24-17)25-26-20-15-8-4-5-9-18(15)27(22(20)29)14-6-2-1-3-7-14/h1-12H,(H,24,25,28). The van der Waals surface area contributed by atoms with Gasteiger partial charge in [0.1, 0.15) is 0 Å². The van der Waals surface area contributed by atoms with E-state index in [1.807, 2.05) is 60.7 Å². The molecule has 2 amide bonds. The van der Waals surface area contributed by atoms with Gasteiger partial charge in [-0.15, -0.1) is 10.2 Å². The SMILES string of the molecule is O=C1Nc2ccc(Br)cc2C1=NN=C1C(=O)N(c2ccccc2)c2ccccc21. The maximum absolute atomic E-state index is 13.2. The van der Waals surface area contributed by atoms with E-state index in [2.05, 4.69) is 31.4 Å². The third-order valence-electron chi connectivity index (χ3n) is 4.77. The molecule has 3 aromatic carbocycles. The van der Waals surface area contributed by atoms with Gasteiger partial charge in [0.05, 0.1) is 11.4 Å². The largest absolute Gasteiger partial charge is 0.320 e. The van der Waals surface area contributed by atoms with Gasteiger partial charge in [0.15, 0.2) is 11.4 Å². The second-order valence-corrected chi connectivity index (χ2v) is 7.45. The zero-order chi connectivity index (χ0) is 20.0. The van der Waals surface area contributed by atoms with Crippen LogP contribution in [-0.2, 0) is 9.59 Å². The first-order valence-corrected chi connectivity index (χ1v) is 9.68. The molecule has 2 heterocycles. The molecule has 0 aliphatic carbocycles. The summed E-state index contributed by atoms with van der Waals surface area (Å²) in [5.74, 6) is -0.629. The summed E-state index contributed by atoms with van der Waals surface area (Å²) in [5.41, 5.74) is 3.86. The quantitative estimate of drug-likeness (QED) is 0.599. The zero-order valence-electron chi connectivity index (χ0n) is 15.0. The van der Waals surface area contributed by atoms with Gasteiger partial charge in [0.25, 0.3) is 11.8 Å². The Labute approximate surface area is 174 Å². The number of hydrogen-bond donors (Lipinski definition) is 1. The molecule has 0 aromatic heterocycles. The lowest BCUT2D eigenvalue weighted by atomic mass is 10.1. The van der Waals surface area contributed by atoms with E-state index in [1.54, 1.807) is 17.0 Å². The highest BCUT2D eigenvalue weighted by Gasteiger charge is 2.35. The molecule has 7 heteroatoms. The van der Waals surface area contributed by atoms with E-state index in [-0.39, 0.29) is 23.2 Å². The highest BCUT2D eigenvalue weighted by atomic mass is 79.9. The number of rotatable bonds is 2. The van der Waals surface area contributed by atoms with Gasteiger partial charge in [-0.1, -0.05) is 52.3 Å². The molecule has 5 rings (SSSR count). The minimum atomic E-state index is -0.346. The number of hydrogen-bond acceptors (Lipinski definition) is 4. The molecule has 0 fully saturated rings. The molecule has 6 nitrogen and oxygen atoms in total. The Balaban J connectivity index is 1.61. The van der Waals surface area contributed by atoms with Crippen molar-refractivity contribution < 1.29 is 9.59 Å². The molecule has 140 valence electrons. The molecule has 0 saturated carbocycles. The fourth-order valence-electron chi connectivity index (χ4n) is 3.45. The summed E-state index contributed by atoms with van der Waals surface area (Å²) in [6.07, 6.45) is 0. The van der Waals surface area contributed by atoms with Crippen molar-refractivity contribution >= 4 is 56.2 Å². The molecular weight excluding hydrogens is 432 g/mol. The number of nitrogens with zero attached hydrogens (tertiary/aromatic N) is 3. The molecule has 0 spiro atoms. The summed E-state index contributed by atoms with van der Waals surface area (Å²) in [5, 5.41) is 11.1. The Hall–Kier alpha value is -3.58. The lowest BCUT2D eigenvalue weighted by Crippen LogP contribution is -2.25. The van der Waals surface area contributed by atoms with Crippen LogP contribution in [0.25, 0.3) is 0 Å². The Morgan fingerprint density at radius 3 is 2.34 bits per heavy atom. The number of carbonyl (C=O) groups is 2. The van der Waals surface area contributed by atoms with Crippen molar-refractivity contribution in [2.45, 2.75) is 0 Å². The van der Waals surface area contributed by atoms with Crippen LogP contribution in [0.15, 0.2) is 87.5 Å². The highest BCUT2D eigenvalue weighted by molar-refractivity contribution is 9.10. The Morgan fingerprint density at radius 1 is 0.793 bits per heavy atom. The summed E-state index contributed by atoms with van der Waals surface area (Å²) in [6, 6.07) is 22.2. The zero-order valence-corrected chi connectivity index (χ0v) is 16.6. The monoisotopic (exact) mass is 444 g/mol. The minimum Gasteiger partial charge on any atom is -0.320 e. The van der Waals surface area contributed by atoms with Crippen LogP contribution in [0, 0.1) is 0 Å². The normalized spacial score (nSPS) is 17.6. The second-order valence-electron chi connectivity index (χ2n) is 6.53. The lowest BCUT2D eigenvalue weighted by molar-refractivity contribution is -0.112. The van der Waals surface area contributed by atoms with Crippen LogP contribution in [0.3, 0.4) is 0 Å². The summed E-state index contributed by atoms with van der Waals surface area (Å²) in [6.45, 7) is 0. The summed E-state index contributed by atoms with van der Waals surface area (Å²) < 4.78 is 0.825. The molecule has 3 aromatic rings. The summed E-state index contributed by atoms with van der Waals surface area (Å²) in [4.78, 5) is 27.1. The van der Waals surface area contributed by atoms with Crippen molar-refractivity contribution in [3.8, 4) is 0 Å². The van der Waals surface area contributed by atoms with E-state index in [4.69, 9.17) is 0 Å². The van der Waals surface area contributed by atoms with Gasteiger partial charge in [-0.25, -0.2) is 0 Å². The number of benzene rings is 3. The molecule has 2 aliphatic rings. The van der Waals surface area contributed by atoms with Crippen molar-refractivity contribution in [3.63, 3.8) is 0 Å². The van der Waals surface area contributed by atoms with E-state index in [1.165, 1.54) is 0 Å². The third-order valence-corrected chi connectivity index (χ3v) is 5.26. The fourth-order valence-corrected chi connectivity index (χ4v) is 3.82. The van der Waals surface area contributed by atoms with Crippen LogP contribution in [0.2, 0.25) is 0 Å². The fraction of sp³-hybridized carbons (Fsp3) is 0. The van der Waals surface area contributed by atoms with Gasteiger partial charge in [-0.3, -0.25) is 14.5 Å². The molecule has 0 bridgehead atoms. The van der Waals surface area contributed by atoms with E-state index in [0.29, 0.717) is 16.8 Å². The molecular formula is C22H13BrN4O2. The van der Waals surface area contributed by atoms with Gasteiger partial charge in [0.2, 0.25) is 0 Å². The van der Waals surface area contributed by atoms with Crippen molar-refractivity contribution in [1.82, 2.24) is 0 Å². The first kappa shape index (κ1) is 17.5. The van der Waals surface area contributed by atoms with Crippen LogP contribution in [-0.4, -0.2) is 23.2 Å². The maximum atomic E-state index is 13.2. The average molecular weight is 445 g/mol. The van der Waals surface area contributed by atoms with Crippen molar-refractivity contribution in [2.75, 3.05) is 10.2 Å². The van der Waals surface area contributed by atoms with Gasteiger partial charge in [-0.05, 0) is 36.4 Å². The number of anilines is 3. The van der Waals surface area contributed by atoms with Crippen LogP contribution in [0.5, 0.6) is 0 Å². The summed E-state index contributed by atoms with van der Waals surface area (Å²) >= 11 is 3.40. The first-order chi connectivity index (χ1) is 14.1. The van der Waals surface area contributed by atoms with E-state index >= 15 is 0 Å². The molecule has 0 unspecified atom stereocenters. The third kappa shape index (κ3) is 2.87. The first-order valence-electron chi connectivity index (χ1n) is 8.89. The van der Waals surface area contributed by atoms with Gasteiger partial charge >= 0.3 is 0 Å². The van der Waals surface area contributed by atoms with E-state index < -0.39 is 0 Å². The lowest BCUT2D eigenvalue weighted by Gasteiger charge is -2.16. The number of para-hydroxylation sites is 2. The Kier molecular flexibility index (Phi) is 4.10. The van der Waals surface area contributed by atoms with E-state index in [9.17, 15) is 9.59 Å². The maximum Gasteiger partial charge on any atom is 0.284 e. The molecule has 0 saturated heterocycles. The minimum absolute atomic E-state index is 0.178. The average Bonchev–Trinajstić information content (AvgIpc) is 3.19. The molecule has 0 radical (unpaired) electrons. The number of fused-ring (bicyclic) bond motifs is 2. The van der Waals surface area contributed by atoms with Crippen molar-refractivity contribution in [3.05, 3.63) is 88.4 Å². The number of nitrogens with one attached hydrogen (secondary N) is 1. The number of halogens is 1. The predicted octanol–water partition coefficient (Wildman–Crippen LogP) is 4.27. The van der Waals surface area contributed by atoms with Gasteiger partial charge in [-0.2, -0.15) is 0 Å². The van der Waals surface area contributed by atoms with Crippen LogP contribution >= 0.6 is 15.9 Å². The van der Waals surface area contributed by atoms with Crippen LogP contribution < -0.4 is 10.2 Å². The number of amides is 2. The van der Waals surface area contributed by atoms with Crippen molar-refractivity contribution in [1.29, 1.82) is 0 Å². The van der Waals surface area contributed by atoms with Crippen molar-refractivity contribution in [2.24, 2.45) is 10.2 Å². The van der Waals surface area contributed by atoms with Gasteiger partial charge < -0.3 is 5.32 Å². The smallest absolute Gasteiger partial charge is 0.284 e. The van der Waals surface area contributed by atoms with E-state index in [0.717, 1.165) is 15.8 Å². The Morgan fingerprint density at radius 2 is 1.52 bits per heavy atom. The highest BCUT2D eigenvalue weighted by Crippen LogP contribution is 2.35. The number of carbonyl (C=O) groups excluding carboxylic acids is 2. The molecule has 1 N–H and O–H groups in total. The van der Waals surface area contributed by atoms with Crippen LogP contribution in [0.4, 0.5) is 17.1 Å². The Bertz CT molecular complexity index is 1230. The predicted molar refractivity (Wildman–Crippen MR) is 116 cm³/mol. The van der Waals surface area contributed by atoms with Crippen LogP contribution in [0.1, 0.15) is 11.1 Å². The topological polar surface area (TPSA) is 74.1 Å². The second kappa shape index (κ2) is 6.79. The van der Waals surface area contributed by atoms with Gasteiger partial charge in [0, 0.05) is 21.3 Å². The molecule has 29 heavy (non-hydrogen) atoms. The molecule has 0 atom stereocenters.